The van der Waals surface area contributed by atoms with Crippen molar-refractivity contribution in [3.63, 3.8) is 0 Å². The third-order valence-electron chi connectivity index (χ3n) is 2.16. The lowest BCUT2D eigenvalue weighted by atomic mass is 10.2. The molecule has 14 heavy (non-hydrogen) atoms. The molecule has 1 aromatic carbocycles. The average molecular weight is 269 g/mol. The Morgan fingerprint density at radius 1 is 1.29 bits per heavy atom. The van der Waals surface area contributed by atoms with Gasteiger partial charge in [0.25, 0.3) is 0 Å². The molecule has 1 aromatic heterocycles. The lowest BCUT2D eigenvalue weighted by Crippen LogP contribution is -2.33. The molecule has 1 heterocycles. The Balaban J connectivity index is 2.52. The van der Waals surface area contributed by atoms with E-state index in [9.17, 15) is 0 Å². The summed E-state index contributed by atoms with van der Waals surface area (Å²) in [5.41, 5.74) is 2.56. The molecule has 0 saturated carbocycles. The molecule has 3 heteroatoms. The van der Waals surface area contributed by atoms with Gasteiger partial charge < -0.3 is 0 Å². The summed E-state index contributed by atoms with van der Waals surface area (Å²) < 4.78 is 3.44. The SMILES string of the molecule is CC[n+]1c(-c2ccccc2)csc1Br. The number of hydrogen-bond donors (Lipinski definition) is 0. The monoisotopic (exact) mass is 268 g/mol. The molecule has 0 bridgehead atoms. The molecule has 0 unspecified atom stereocenters. The predicted octanol–water partition coefficient (Wildman–Crippen LogP) is 3.49. The van der Waals surface area contributed by atoms with Crippen LogP contribution in [-0.2, 0) is 6.54 Å². The van der Waals surface area contributed by atoms with Crippen molar-refractivity contribution in [3.05, 3.63) is 39.6 Å². The lowest BCUT2D eigenvalue weighted by molar-refractivity contribution is -0.688. The number of rotatable bonds is 2. The average Bonchev–Trinajstić information content (AvgIpc) is 2.61. The highest BCUT2D eigenvalue weighted by atomic mass is 79.9. The van der Waals surface area contributed by atoms with Gasteiger partial charge in [-0.1, -0.05) is 29.5 Å². The van der Waals surface area contributed by atoms with Crippen LogP contribution in [0.3, 0.4) is 0 Å². The first-order valence-corrected chi connectivity index (χ1v) is 6.22. The minimum absolute atomic E-state index is 0.994. The van der Waals surface area contributed by atoms with Crippen LogP contribution in [0.4, 0.5) is 0 Å². The number of aromatic nitrogens is 1. The largest absolute Gasteiger partial charge is 0.305 e. The van der Waals surface area contributed by atoms with E-state index in [1.165, 1.54) is 15.2 Å². The van der Waals surface area contributed by atoms with E-state index >= 15 is 0 Å². The molecule has 1 nitrogen and oxygen atoms in total. The number of nitrogens with zero attached hydrogens (tertiary/aromatic N) is 1. The van der Waals surface area contributed by atoms with Gasteiger partial charge in [-0.3, -0.25) is 0 Å². The van der Waals surface area contributed by atoms with Crippen LogP contribution in [0.25, 0.3) is 11.3 Å². The third-order valence-corrected chi connectivity index (χ3v) is 3.90. The van der Waals surface area contributed by atoms with Crippen molar-refractivity contribution in [2.24, 2.45) is 0 Å². The summed E-state index contributed by atoms with van der Waals surface area (Å²) in [6, 6.07) is 10.5. The van der Waals surface area contributed by atoms with Gasteiger partial charge >= 0.3 is 3.92 Å². The van der Waals surface area contributed by atoms with Gasteiger partial charge in [0.15, 0.2) is 0 Å². The molecule has 0 aliphatic carbocycles. The third kappa shape index (κ3) is 1.74. The first-order valence-electron chi connectivity index (χ1n) is 4.55. The van der Waals surface area contributed by atoms with Crippen LogP contribution in [0.2, 0.25) is 0 Å². The van der Waals surface area contributed by atoms with Crippen molar-refractivity contribution in [2.45, 2.75) is 13.5 Å². The summed E-state index contributed by atoms with van der Waals surface area (Å²) in [5, 5.41) is 2.18. The van der Waals surface area contributed by atoms with Crippen molar-refractivity contribution >= 4 is 27.3 Å². The zero-order valence-corrected chi connectivity index (χ0v) is 10.3. The first-order chi connectivity index (χ1) is 6.83. The quantitative estimate of drug-likeness (QED) is 0.735. The van der Waals surface area contributed by atoms with Crippen molar-refractivity contribution in [1.82, 2.24) is 0 Å². The van der Waals surface area contributed by atoms with Crippen molar-refractivity contribution in [3.8, 4) is 11.3 Å². The Morgan fingerprint density at radius 2 is 2.00 bits per heavy atom. The molecular weight excluding hydrogens is 258 g/mol. The molecular formula is C11H11BrNS+. The van der Waals surface area contributed by atoms with Gasteiger partial charge in [0, 0.05) is 21.5 Å². The smallest absolute Gasteiger partial charge is 0.176 e. The van der Waals surface area contributed by atoms with E-state index in [2.05, 4.69) is 57.1 Å². The summed E-state index contributed by atoms with van der Waals surface area (Å²) >= 11 is 5.29. The lowest BCUT2D eigenvalue weighted by Gasteiger charge is -1.96. The summed E-state index contributed by atoms with van der Waals surface area (Å²) in [7, 11) is 0. The highest BCUT2D eigenvalue weighted by Crippen LogP contribution is 2.22. The maximum Gasteiger partial charge on any atom is 0.305 e. The Morgan fingerprint density at radius 3 is 2.64 bits per heavy atom. The Bertz CT molecular complexity index is 422. The second kappa shape index (κ2) is 4.24. The molecule has 0 saturated heterocycles. The fourth-order valence-corrected chi connectivity index (χ4v) is 3.00. The van der Waals surface area contributed by atoms with Gasteiger partial charge in [-0.05, 0) is 19.1 Å². The van der Waals surface area contributed by atoms with E-state index in [0.29, 0.717) is 0 Å². The number of hydrogen-bond acceptors (Lipinski definition) is 1. The van der Waals surface area contributed by atoms with Crippen molar-refractivity contribution in [2.75, 3.05) is 0 Å². The molecule has 0 N–H and O–H groups in total. The number of thiazole rings is 1. The second-order valence-electron chi connectivity index (χ2n) is 2.98. The van der Waals surface area contributed by atoms with Crippen LogP contribution in [0.5, 0.6) is 0 Å². The van der Waals surface area contributed by atoms with Crippen LogP contribution in [0.1, 0.15) is 6.92 Å². The van der Waals surface area contributed by atoms with E-state index in [4.69, 9.17) is 0 Å². The maximum atomic E-state index is 3.56. The zero-order valence-electron chi connectivity index (χ0n) is 7.90. The molecule has 72 valence electrons. The van der Waals surface area contributed by atoms with Crippen LogP contribution in [-0.4, -0.2) is 0 Å². The molecule has 2 aromatic rings. The van der Waals surface area contributed by atoms with E-state index in [1.807, 2.05) is 6.07 Å². The Hall–Kier alpha value is -0.670. The summed E-state index contributed by atoms with van der Waals surface area (Å²) in [5.74, 6) is 0. The first kappa shape index (κ1) is 9.87. The minimum Gasteiger partial charge on any atom is -0.176 e. The van der Waals surface area contributed by atoms with E-state index in [-0.39, 0.29) is 0 Å². The normalized spacial score (nSPS) is 10.4. The van der Waals surface area contributed by atoms with Crippen molar-refractivity contribution in [1.29, 1.82) is 0 Å². The summed E-state index contributed by atoms with van der Waals surface area (Å²) in [4.78, 5) is 0. The van der Waals surface area contributed by atoms with Crippen LogP contribution in [0.15, 0.2) is 39.6 Å². The second-order valence-corrected chi connectivity index (χ2v) is 5.12. The van der Waals surface area contributed by atoms with E-state index in [0.717, 1.165) is 6.54 Å². The topological polar surface area (TPSA) is 3.88 Å². The fourth-order valence-electron chi connectivity index (χ4n) is 1.45. The minimum atomic E-state index is 0.994. The maximum absolute atomic E-state index is 3.56. The van der Waals surface area contributed by atoms with E-state index in [1.54, 1.807) is 11.3 Å². The molecule has 0 aliphatic heterocycles. The molecule has 0 amide bonds. The molecule has 0 radical (unpaired) electrons. The van der Waals surface area contributed by atoms with Gasteiger partial charge in [-0.2, -0.15) is 4.57 Å². The fraction of sp³-hybridized carbons (Fsp3) is 0.182. The highest BCUT2D eigenvalue weighted by Gasteiger charge is 2.17. The number of benzene rings is 1. The summed E-state index contributed by atoms with van der Waals surface area (Å²) in [6.45, 7) is 3.15. The molecule has 0 spiro atoms. The van der Waals surface area contributed by atoms with Crippen LogP contribution in [0, 0.1) is 0 Å². The van der Waals surface area contributed by atoms with Crippen molar-refractivity contribution < 1.29 is 4.57 Å². The van der Waals surface area contributed by atoms with Gasteiger partial charge in [0.2, 0.25) is 5.69 Å². The summed E-state index contributed by atoms with van der Waals surface area (Å²) in [6.07, 6.45) is 0. The van der Waals surface area contributed by atoms with Gasteiger partial charge in [0.05, 0.1) is 5.38 Å². The van der Waals surface area contributed by atoms with Gasteiger partial charge in [-0.25, -0.2) is 0 Å². The Kier molecular flexibility index (Phi) is 2.99. The molecule has 0 aliphatic rings. The Labute approximate surface area is 96.2 Å². The van der Waals surface area contributed by atoms with Crippen LogP contribution < -0.4 is 4.57 Å². The van der Waals surface area contributed by atoms with E-state index < -0.39 is 0 Å². The standard InChI is InChI=1S/C11H11BrNS/c1-2-13-10(8-14-11(13)12)9-6-4-3-5-7-9/h3-8H,2H2,1H3/q+1. The molecule has 2 rings (SSSR count). The number of halogens is 1. The molecule has 0 atom stereocenters. The predicted molar refractivity (Wildman–Crippen MR) is 63.3 cm³/mol. The van der Waals surface area contributed by atoms with Gasteiger partial charge in [-0.15, -0.1) is 0 Å². The van der Waals surface area contributed by atoms with Gasteiger partial charge in [0.1, 0.15) is 6.54 Å². The van der Waals surface area contributed by atoms with Crippen LogP contribution >= 0.6 is 27.3 Å². The zero-order chi connectivity index (χ0) is 9.97. The highest BCUT2D eigenvalue weighted by molar-refractivity contribution is 9.11. The molecule has 0 fully saturated rings.